The third-order valence-corrected chi connectivity index (χ3v) is 4.28. The molecule has 158 valence electrons. The van der Waals surface area contributed by atoms with Crippen molar-refractivity contribution in [1.29, 1.82) is 0 Å². The van der Waals surface area contributed by atoms with Gasteiger partial charge in [-0.1, -0.05) is 18.2 Å². The molecule has 5 nitrogen and oxygen atoms in total. The molecular formula is C23H16F3NO4. The quantitative estimate of drug-likeness (QED) is 0.444. The number of alkyl halides is 3. The summed E-state index contributed by atoms with van der Waals surface area (Å²) in [6.45, 7) is -0.574. The molecule has 0 atom stereocenters. The number of Topliss-reactive ketones (excluding diaryl/α,β-unsaturated/α-hetero) is 1. The number of esters is 1. The Balaban J connectivity index is 1.54. The Bertz CT molecular complexity index is 1080. The molecule has 0 unspecified atom stereocenters. The maximum atomic E-state index is 12.6. The van der Waals surface area contributed by atoms with E-state index in [1.54, 1.807) is 30.3 Å². The molecule has 3 aromatic carbocycles. The highest BCUT2D eigenvalue weighted by Gasteiger charge is 2.30. The number of benzene rings is 3. The molecule has 0 fully saturated rings. The zero-order valence-electron chi connectivity index (χ0n) is 16.0. The van der Waals surface area contributed by atoms with Gasteiger partial charge in [0, 0.05) is 16.8 Å². The SMILES string of the molecule is O=C(COC(=O)c1ccc(C(F)(F)F)cc1)c1ccc(NC(=O)c2ccccc2)cc1. The highest BCUT2D eigenvalue weighted by atomic mass is 19.4. The van der Waals surface area contributed by atoms with Gasteiger partial charge in [0.2, 0.25) is 0 Å². The third kappa shape index (κ3) is 5.79. The second-order valence-electron chi connectivity index (χ2n) is 6.47. The lowest BCUT2D eigenvalue weighted by molar-refractivity contribution is -0.137. The summed E-state index contributed by atoms with van der Waals surface area (Å²) in [5.41, 5.74) is 0.224. The van der Waals surface area contributed by atoms with Gasteiger partial charge in [0.05, 0.1) is 11.1 Å². The molecule has 0 bridgehead atoms. The molecular weight excluding hydrogens is 411 g/mol. The van der Waals surface area contributed by atoms with Gasteiger partial charge >= 0.3 is 12.1 Å². The number of carbonyl (C=O) groups is 3. The molecule has 1 N–H and O–H groups in total. The fourth-order valence-electron chi connectivity index (χ4n) is 2.63. The summed E-state index contributed by atoms with van der Waals surface area (Å²) >= 11 is 0. The molecule has 0 saturated heterocycles. The molecule has 0 heterocycles. The van der Waals surface area contributed by atoms with E-state index in [2.05, 4.69) is 5.32 Å². The summed E-state index contributed by atoms with van der Waals surface area (Å²) in [6.07, 6.45) is -4.51. The van der Waals surface area contributed by atoms with E-state index in [0.29, 0.717) is 11.3 Å². The second-order valence-corrected chi connectivity index (χ2v) is 6.47. The number of nitrogens with one attached hydrogen (secondary N) is 1. The molecule has 0 aromatic heterocycles. The van der Waals surface area contributed by atoms with Crippen LogP contribution in [0.5, 0.6) is 0 Å². The van der Waals surface area contributed by atoms with E-state index in [4.69, 9.17) is 4.74 Å². The summed E-state index contributed by atoms with van der Waals surface area (Å²) in [4.78, 5) is 36.3. The maximum absolute atomic E-state index is 12.6. The predicted molar refractivity (Wildman–Crippen MR) is 107 cm³/mol. The number of hydrogen-bond donors (Lipinski definition) is 1. The summed E-state index contributed by atoms with van der Waals surface area (Å²) in [5.74, 6) is -1.71. The van der Waals surface area contributed by atoms with Crippen LogP contribution >= 0.6 is 0 Å². The van der Waals surface area contributed by atoms with Crippen LogP contribution in [0, 0.1) is 0 Å². The Morgan fingerprint density at radius 3 is 1.90 bits per heavy atom. The van der Waals surface area contributed by atoms with E-state index < -0.39 is 30.1 Å². The summed E-state index contributed by atoms with van der Waals surface area (Å²) in [5, 5.41) is 2.70. The number of carbonyl (C=O) groups excluding carboxylic acids is 3. The zero-order chi connectivity index (χ0) is 22.4. The van der Waals surface area contributed by atoms with Crippen LogP contribution in [-0.4, -0.2) is 24.3 Å². The fraction of sp³-hybridized carbons (Fsp3) is 0.0870. The van der Waals surface area contributed by atoms with Crippen molar-refractivity contribution in [3.63, 3.8) is 0 Å². The first kappa shape index (κ1) is 21.8. The molecule has 0 spiro atoms. The Hall–Kier alpha value is -3.94. The summed E-state index contributed by atoms with van der Waals surface area (Å²) < 4.78 is 42.6. The minimum atomic E-state index is -4.51. The average molecular weight is 427 g/mol. The van der Waals surface area contributed by atoms with E-state index in [-0.39, 0.29) is 17.0 Å². The van der Waals surface area contributed by atoms with Crippen LogP contribution in [0.1, 0.15) is 36.6 Å². The normalized spacial score (nSPS) is 10.9. The summed E-state index contributed by atoms with van der Waals surface area (Å²) in [6, 6.07) is 18.1. The van der Waals surface area contributed by atoms with Gasteiger partial charge in [-0.05, 0) is 60.7 Å². The van der Waals surface area contributed by atoms with Gasteiger partial charge < -0.3 is 10.1 Å². The molecule has 0 aliphatic carbocycles. The molecule has 0 aliphatic rings. The van der Waals surface area contributed by atoms with Crippen LogP contribution in [0.25, 0.3) is 0 Å². The Labute approximate surface area is 175 Å². The van der Waals surface area contributed by atoms with Crippen molar-refractivity contribution < 1.29 is 32.3 Å². The van der Waals surface area contributed by atoms with Crippen molar-refractivity contribution in [2.24, 2.45) is 0 Å². The number of amides is 1. The molecule has 1 amide bonds. The maximum Gasteiger partial charge on any atom is 0.416 e. The van der Waals surface area contributed by atoms with Crippen LogP contribution < -0.4 is 5.32 Å². The molecule has 3 rings (SSSR count). The monoisotopic (exact) mass is 427 g/mol. The van der Waals surface area contributed by atoms with E-state index in [9.17, 15) is 27.6 Å². The summed E-state index contributed by atoms with van der Waals surface area (Å²) in [7, 11) is 0. The number of anilines is 1. The Morgan fingerprint density at radius 1 is 0.742 bits per heavy atom. The number of ether oxygens (including phenoxy) is 1. The minimum absolute atomic E-state index is 0.0974. The number of hydrogen-bond acceptors (Lipinski definition) is 4. The van der Waals surface area contributed by atoms with Gasteiger partial charge in [-0.2, -0.15) is 13.2 Å². The van der Waals surface area contributed by atoms with Gasteiger partial charge in [-0.15, -0.1) is 0 Å². The smallest absolute Gasteiger partial charge is 0.416 e. The van der Waals surface area contributed by atoms with Crippen molar-refractivity contribution in [3.05, 3.63) is 101 Å². The molecule has 8 heteroatoms. The lowest BCUT2D eigenvalue weighted by Crippen LogP contribution is -2.15. The Morgan fingerprint density at radius 2 is 1.32 bits per heavy atom. The molecule has 31 heavy (non-hydrogen) atoms. The standard InChI is InChI=1S/C23H16F3NO4/c24-23(25,26)18-10-6-17(7-11-18)22(30)31-14-20(28)15-8-12-19(13-9-15)27-21(29)16-4-2-1-3-5-16/h1-13H,14H2,(H,27,29). The van der Waals surface area contributed by atoms with Gasteiger partial charge in [0.1, 0.15) is 0 Å². The van der Waals surface area contributed by atoms with E-state index in [1.165, 1.54) is 24.3 Å². The number of ketones is 1. The molecule has 0 saturated carbocycles. The van der Waals surface area contributed by atoms with Crippen LogP contribution in [0.15, 0.2) is 78.9 Å². The van der Waals surface area contributed by atoms with E-state index in [1.807, 2.05) is 0 Å². The van der Waals surface area contributed by atoms with Gasteiger partial charge in [-0.3, -0.25) is 9.59 Å². The van der Waals surface area contributed by atoms with Crippen molar-refractivity contribution >= 4 is 23.3 Å². The number of rotatable bonds is 6. The average Bonchev–Trinajstić information content (AvgIpc) is 2.78. The fourth-order valence-corrected chi connectivity index (χ4v) is 2.63. The van der Waals surface area contributed by atoms with Crippen molar-refractivity contribution in [3.8, 4) is 0 Å². The van der Waals surface area contributed by atoms with Crippen LogP contribution in [0.4, 0.5) is 18.9 Å². The Kier molecular flexibility index (Phi) is 6.49. The van der Waals surface area contributed by atoms with Gasteiger partial charge in [-0.25, -0.2) is 4.79 Å². The molecule has 0 radical (unpaired) electrons. The topological polar surface area (TPSA) is 72.5 Å². The van der Waals surface area contributed by atoms with Crippen molar-refractivity contribution in [2.45, 2.75) is 6.18 Å². The zero-order valence-corrected chi connectivity index (χ0v) is 16.0. The van der Waals surface area contributed by atoms with E-state index in [0.717, 1.165) is 24.3 Å². The van der Waals surface area contributed by atoms with Crippen LogP contribution in [0.2, 0.25) is 0 Å². The lowest BCUT2D eigenvalue weighted by Gasteiger charge is -2.08. The second kappa shape index (κ2) is 9.25. The van der Waals surface area contributed by atoms with Gasteiger partial charge in [0.25, 0.3) is 5.91 Å². The third-order valence-electron chi connectivity index (χ3n) is 4.28. The highest BCUT2D eigenvalue weighted by molar-refractivity contribution is 6.05. The van der Waals surface area contributed by atoms with Gasteiger partial charge in [0.15, 0.2) is 12.4 Å². The van der Waals surface area contributed by atoms with Crippen LogP contribution in [-0.2, 0) is 10.9 Å². The highest BCUT2D eigenvalue weighted by Crippen LogP contribution is 2.29. The first-order valence-corrected chi connectivity index (χ1v) is 9.08. The first-order valence-electron chi connectivity index (χ1n) is 9.08. The predicted octanol–water partition coefficient (Wildman–Crippen LogP) is 5.00. The van der Waals surface area contributed by atoms with Crippen LogP contribution in [0.3, 0.4) is 0 Å². The van der Waals surface area contributed by atoms with Crippen molar-refractivity contribution in [1.82, 2.24) is 0 Å². The first-order chi connectivity index (χ1) is 14.7. The largest absolute Gasteiger partial charge is 0.454 e. The molecule has 3 aromatic rings. The van der Waals surface area contributed by atoms with Crippen molar-refractivity contribution in [2.75, 3.05) is 11.9 Å². The van der Waals surface area contributed by atoms with E-state index >= 15 is 0 Å². The minimum Gasteiger partial charge on any atom is -0.454 e. The number of halogens is 3. The lowest BCUT2D eigenvalue weighted by atomic mass is 10.1. The molecule has 0 aliphatic heterocycles.